The molecule has 0 atom stereocenters. The molecule has 126 valence electrons. The SMILES string of the molecule is CC(C=NNC(=O)c1cc(-c2ccc(C)o2)[nH]n1)=Cc1ccccc1. The van der Waals surface area contributed by atoms with E-state index in [-0.39, 0.29) is 5.69 Å². The zero-order chi connectivity index (χ0) is 17.6. The molecule has 0 aliphatic carbocycles. The van der Waals surface area contributed by atoms with Crippen molar-refractivity contribution in [2.45, 2.75) is 13.8 Å². The molecule has 6 nitrogen and oxygen atoms in total. The van der Waals surface area contributed by atoms with Crippen LogP contribution in [0.2, 0.25) is 0 Å². The zero-order valence-corrected chi connectivity index (χ0v) is 14.0. The molecule has 1 aromatic carbocycles. The summed E-state index contributed by atoms with van der Waals surface area (Å²) in [6.45, 7) is 3.77. The number of nitrogens with zero attached hydrogens (tertiary/aromatic N) is 2. The van der Waals surface area contributed by atoms with Crippen LogP contribution >= 0.6 is 0 Å². The van der Waals surface area contributed by atoms with Crippen LogP contribution in [0.1, 0.15) is 28.7 Å². The van der Waals surface area contributed by atoms with E-state index in [9.17, 15) is 4.79 Å². The van der Waals surface area contributed by atoms with Crippen LogP contribution < -0.4 is 5.43 Å². The minimum Gasteiger partial charge on any atom is -0.460 e. The van der Waals surface area contributed by atoms with E-state index < -0.39 is 5.91 Å². The van der Waals surface area contributed by atoms with E-state index in [0.717, 1.165) is 16.9 Å². The van der Waals surface area contributed by atoms with E-state index in [1.807, 2.05) is 62.4 Å². The van der Waals surface area contributed by atoms with Crippen LogP contribution in [-0.4, -0.2) is 22.3 Å². The van der Waals surface area contributed by atoms with Gasteiger partial charge in [-0.25, -0.2) is 5.43 Å². The van der Waals surface area contributed by atoms with Crippen molar-refractivity contribution in [2.24, 2.45) is 5.10 Å². The Morgan fingerprint density at radius 3 is 2.76 bits per heavy atom. The monoisotopic (exact) mass is 334 g/mol. The second-order valence-electron chi connectivity index (χ2n) is 5.58. The Balaban J connectivity index is 1.61. The molecule has 0 aliphatic rings. The van der Waals surface area contributed by atoms with Gasteiger partial charge in [-0.2, -0.15) is 10.2 Å². The molecule has 0 spiro atoms. The first-order chi connectivity index (χ1) is 12.1. The topological polar surface area (TPSA) is 83.3 Å². The van der Waals surface area contributed by atoms with Crippen LogP contribution in [0.15, 0.2) is 63.6 Å². The molecule has 3 rings (SSSR count). The predicted octanol–water partition coefficient (Wildman–Crippen LogP) is 3.80. The summed E-state index contributed by atoms with van der Waals surface area (Å²) in [5.41, 5.74) is 5.33. The summed E-state index contributed by atoms with van der Waals surface area (Å²) in [4.78, 5) is 12.1. The van der Waals surface area contributed by atoms with E-state index in [2.05, 4.69) is 20.7 Å². The Hall–Kier alpha value is -3.41. The Morgan fingerprint density at radius 2 is 2.04 bits per heavy atom. The van der Waals surface area contributed by atoms with Crippen molar-refractivity contribution in [3.05, 3.63) is 71.1 Å². The quantitative estimate of drug-likeness (QED) is 0.550. The van der Waals surface area contributed by atoms with Gasteiger partial charge in [0.15, 0.2) is 11.5 Å². The van der Waals surface area contributed by atoms with Gasteiger partial charge < -0.3 is 4.42 Å². The molecule has 0 unspecified atom stereocenters. The number of aromatic amines is 1. The van der Waals surface area contributed by atoms with Gasteiger partial charge in [-0.1, -0.05) is 36.4 Å². The van der Waals surface area contributed by atoms with Crippen LogP contribution in [0.25, 0.3) is 17.5 Å². The van der Waals surface area contributed by atoms with E-state index >= 15 is 0 Å². The molecule has 0 saturated heterocycles. The highest BCUT2D eigenvalue weighted by molar-refractivity contribution is 5.94. The molecular formula is C19H18N4O2. The van der Waals surface area contributed by atoms with E-state index in [4.69, 9.17) is 4.42 Å². The molecule has 0 radical (unpaired) electrons. The van der Waals surface area contributed by atoms with Gasteiger partial charge >= 0.3 is 0 Å². The Bertz CT molecular complexity index is 920. The predicted molar refractivity (Wildman–Crippen MR) is 97.1 cm³/mol. The van der Waals surface area contributed by atoms with Gasteiger partial charge in [0.1, 0.15) is 11.5 Å². The number of amides is 1. The van der Waals surface area contributed by atoms with Crippen molar-refractivity contribution >= 4 is 18.2 Å². The lowest BCUT2D eigenvalue weighted by molar-refractivity contribution is 0.0950. The number of allylic oxidation sites excluding steroid dienone is 1. The molecule has 2 aromatic heterocycles. The third kappa shape index (κ3) is 4.32. The fourth-order valence-electron chi connectivity index (χ4n) is 2.24. The van der Waals surface area contributed by atoms with Gasteiger partial charge in [0.2, 0.25) is 0 Å². The zero-order valence-electron chi connectivity index (χ0n) is 14.0. The second-order valence-corrected chi connectivity index (χ2v) is 5.58. The number of hydrazone groups is 1. The van der Waals surface area contributed by atoms with Gasteiger partial charge in [0, 0.05) is 6.07 Å². The Morgan fingerprint density at radius 1 is 1.24 bits per heavy atom. The summed E-state index contributed by atoms with van der Waals surface area (Å²) in [7, 11) is 0. The lowest BCUT2D eigenvalue weighted by Crippen LogP contribution is -2.17. The Labute approximate surface area is 145 Å². The number of furan rings is 1. The number of aromatic nitrogens is 2. The average Bonchev–Trinajstić information content (AvgIpc) is 3.24. The number of aryl methyl sites for hydroxylation is 1. The van der Waals surface area contributed by atoms with Crippen LogP contribution in [-0.2, 0) is 0 Å². The minimum absolute atomic E-state index is 0.242. The van der Waals surface area contributed by atoms with Crippen LogP contribution in [0, 0.1) is 6.92 Å². The smallest absolute Gasteiger partial charge is 0.291 e. The first-order valence-electron chi connectivity index (χ1n) is 7.81. The minimum atomic E-state index is -0.394. The van der Waals surface area contributed by atoms with Gasteiger partial charge in [0.05, 0.1) is 6.21 Å². The number of rotatable bonds is 5. The number of benzene rings is 1. The van der Waals surface area contributed by atoms with Crippen molar-refractivity contribution in [3.63, 3.8) is 0 Å². The fraction of sp³-hybridized carbons (Fsp3) is 0.105. The molecule has 3 aromatic rings. The molecule has 2 heterocycles. The largest absolute Gasteiger partial charge is 0.460 e. The van der Waals surface area contributed by atoms with Gasteiger partial charge in [0.25, 0.3) is 5.91 Å². The standard InChI is InChI=1S/C19H18N4O2/c1-13(10-15-6-4-3-5-7-15)12-20-23-19(24)17-11-16(21-22-17)18-9-8-14(2)25-18/h3-12H,1-2H3,(H,21,22)(H,23,24). The maximum atomic E-state index is 12.1. The van der Waals surface area contributed by atoms with E-state index in [0.29, 0.717) is 11.5 Å². The number of hydrogen-bond donors (Lipinski definition) is 2. The van der Waals surface area contributed by atoms with Crippen molar-refractivity contribution in [1.29, 1.82) is 0 Å². The lowest BCUT2D eigenvalue weighted by atomic mass is 10.1. The normalized spacial score (nSPS) is 11.8. The summed E-state index contributed by atoms with van der Waals surface area (Å²) in [5.74, 6) is 1.03. The third-order valence-electron chi connectivity index (χ3n) is 3.44. The highest BCUT2D eigenvalue weighted by Crippen LogP contribution is 2.20. The van der Waals surface area contributed by atoms with Crippen LogP contribution in [0.5, 0.6) is 0 Å². The number of H-pyrrole nitrogens is 1. The molecule has 0 fully saturated rings. The number of carbonyl (C=O) groups excluding carboxylic acids is 1. The maximum absolute atomic E-state index is 12.1. The molecule has 25 heavy (non-hydrogen) atoms. The van der Waals surface area contributed by atoms with Gasteiger partial charge in [-0.3, -0.25) is 9.89 Å². The van der Waals surface area contributed by atoms with Crippen LogP contribution in [0.3, 0.4) is 0 Å². The second kappa shape index (κ2) is 7.44. The van der Waals surface area contributed by atoms with Crippen molar-refractivity contribution in [3.8, 4) is 11.5 Å². The molecule has 1 amide bonds. The highest BCUT2D eigenvalue weighted by Gasteiger charge is 2.12. The molecule has 0 bridgehead atoms. The van der Waals surface area contributed by atoms with Crippen molar-refractivity contribution < 1.29 is 9.21 Å². The van der Waals surface area contributed by atoms with Gasteiger partial charge in [-0.15, -0.1) is 0 Å². The summed E-state index contributed by atoms with van der Waals surface area (Å²) < 4.78 is 5.49. The molecular weight excluding hydrogens is 316 g/mol. The molecule has 2 N–H and O–H groups in total. The van der Waals surface area contributed by atoms with E-state index in [1.165, 1.54) is 0 Å². The Kier molecular flexibility index (Phi) is 4.89. The lowest BCUT2D eigenvalue weighted by Gasteiger charge is -1.96. The summed E-state index contributed by atoms with van der Waals surface area (Å²) in [6, 6.07) is 15.2. The summed E-state index contributed by atoms with van der Waals surface area (Å²) in [5, 5.41) is 10.7. The highest BCUT2D eigenvalue weighted by atomic mass is 16.3. The molecule has 6 heteroatoms. The summed E-state index contributed by atoms with van der Waals surface area (Å²) in [6.07, 6.45) is 3.57. The van der Waals surface area contributed by atoms with Gasteiger partial charge in [-0.05, 0) is 37.1 Å². The van der Waals surface area contributed by atoms with Crippen molar-refractivity contribution in [1.82, 2.24) is 15.6 Å². The number of hydrogen-bond acceptors (Lipinski definition) is 4. The number of nitrogens with one attached hydrogen (secondary N) is 2. The van der Waals surface area contributed by atoms with Crippen LogP contribution in [0.4, 0.5) is 0 Å². The fourth-order valence-corrected chi connectivity index (χ4v) is 2.24. The van der Waals surface area contributed by atoms with E-state index in [1.54, 1.807) is 12.3 Å². The molecule has 0 aliphatic heterocycles. The third-order valence-corrected chi connectivity index (χ3v) is 3.44. The first-order valence-corrected chi connectivity index (χ1v) is 7.81. The number of carbonyl (C=O) groups is 1. The first kappa shape index (κ1) is 16.4. The summed E-state index contributed by atoms with van der Waals surface area (Å²) >= 11 is 0. The molecule has 0 saturated carbocycles. The average molecular weight is 334 g/mol. The van der Waals surface area contributed by atoms with Crippen molar-refractivity contribution in [2.75, 3.05) is 0 Å². The maximum Gasteiger partial charge on any atom is 0.291 e.